The molecule has 3 saturated heterocycles. The zero-order chi connectivity index (χ0) is 37.8. The normalized spacial score (nSPS) is 17.7. The Morgan fingerprint density at radius 2 is 1.72 bits per heavy atom. The topological polar surface area (TPSA) is 148 Å². The van der Waals surface area contributed by atoms with Crippen molar-refractivity contribution in [2.24, 2.45) is 0 Å². The van der Waals surface area contributed by atoms with Crippen LogP contribution >= 0.6 is 18.7 Å². The van der Waals surface area contributed by atoms with Gasteiger partial charge in [-0.2, -0.15) is 4.98 Å². The summed E-state index contributed by atoms with van der Waals surface area (Å²) in [6.07, 6.45) is 7.48. The fraction of sp³-hybridized carbons (Fsp3) is 0.395. The molecule has 0 radical (unpaired) electrons. The van der Waals surface area contributed by atoms with Crippen molar-refractivity contribution >= 4 is 70.5 Å². The Bertz CT molecular complexity index is 2050. The minimum Gasteiger partial charge on any atom is -0.494 e. The van der Waals surface area contributed by atoms with Gasteiger partial charge in [0.15, 0.2) is 5.82 Å². The molecule has 7 rings (SSSR count). The van der Waals surface area contributed by atoms with Gasteiger partial charge in [-0.25, -0.2) is 9.78 Å². The number of aromatic nitrogens is 3. The molecule has 3 N–H and O–H groups in total. The standard InChI is InChI=1S/C38H46ClN10O4P/c1-53-33-22-28(8-9-30(33)43-37-41-23-29(39)36(45-37)42-31-6-4-5-7-34(31)54(2,3)52)48-20-18-47(19-21-48)27-11-15-46(16-12-27)25-26-10-14-40-24-32(26)49-17-13-35(50)44-38(49)51/h4-10,14,22-24,27H,11-13,15-21,25H2,1-3H3,(H,44,50,51)(H2,41,42,43,45). The highest BCUT2D eigenvalue weighted by atomic mass is 35.5. The SMILES string of the molecule is COc1cc(N2CCN(C3CCN(Cc4ccncc4N4CCC(=O)NC4=O)CC3)CC2)ccc1Nc1ncc(Cl)c(Nc2ccccc2P(C)(C)=O)n1. The van der Waals surface area contributed by atoms with E-state index in [1.807, 2.05) is 42.5 Å². The average Bonchev–Trinajstić information content (AvgIpc) is 3.17. The number of likely N-dealkylation sites (tertiary alicyclic amines) is 1. The number of rotatable bonds is 11. The molecule has 3 amide bonds. The number of piperidine rings is 1. The number of amides is 3. The number of methoxy groups -OCH3 is 1. The van der Waals surface area contributed by atoms with Crippen molar-refractivity contribution in [1.29, 1.82) is 0 Å². The lowest BCUT2D eigenvalue weighted by atomic mass is 10.0. The summed E-state index contributed by atoms with van der Waals surface area (Å²) in [6.45, 7) is 10.3. The predicted molar refractivity (Wildman–Crippen MR) is 214 cm³/mol. The number of urea groups is 1. The van der Waals surface area contributed by atoms with Crippen LogP contribution in [0.15, 0.2) is 67.1 Å². The highest BCUT2D eigenvalue weighted by Crippen LogP contribution is 2.39. The number of anilines is 6. The number of nitrogens with one attached hydrogen (secondary N) is 3. The van der Waals surface area contributed by atoms with Gasteiger partial charge in [-0.1, -0.05) is 23.7 Å². The fourth-order valence-corrected chi connectivity index (χ4v) is 8.70. The van der Waals surface area contributed by atoms with Crippen molar-refractivity contribution in [2.75, 3.05) is 86.7 Å². The molecule has 0 spiro atoms. The Morgan fingerprint density at radius 1 is 0.944 bits per heavy atom. The van der Waals surface area contributed by atoms with Gasteiger partial charge in [-0.05, 0) is 75.2 Å². The lowest BCUT2D eigenvalue weighted by molar-refractivity contribution is -0.120. The summed E-state index contributed by atoms with van der Waals surface area (Å²) < 4.78 is 18.7. The highest BCUT2D eigenvalue weighted by molar-refractivity contribution is 7.70. The molecule has 5 heterocycles. The fourth-order valence-electron chi connectivity index (χ4n) is 7.41. The first-order valence-corrected chi connectivity index (χ1v) is 21.2. The lowest BCUT2D eigenvalue weighted by Crippen LogP contribution is -2.53. The molecule has 3 aliphatic rings. The van der Waals surface area contributed by atoms with E-state index < -0.39 is 7.14 Å². The Hall–Kier alpha value is -4.75. The number of para-hydroxylation sites is 1. The van der Waals surface area contributed by atoms with Crippen LogP contribution in [0.3, 0.4) is 0 Å². The van der Waals surface area contributed by atoms with Crippen LogP contribution in [0.5, 0.6) is 5.75 Å². The van der Waals surface area contributed by atoms with Gasteiger partial charge in [-0.3, -0.25) is 29.8 Å². The second-order valence-electron chi connectivity index (χ2n) is 14.2. The van der Waals surface area contributed by atoms with Crippen molar-refractivity contribution in [1.82, 2.24) is 30.1 Å². The van der Waals surface area contributed by atoms with Gasteiger partial charge in [0.05, 0.1) is 36.6 Å². The Balaban J connectivity index is 0.928. The summed E-state index contributed by atoms with van der Waals surface area (Å²) in [5.74, 6) is 1.18. The van der Waals surface area contributed by atoms with Gasteiger partial charge in [0.25, 0.3) is 0 Å². The first kappa shape index (κ1) is 37.6. The van der Waals surface area contributed by atoms with Crippen LogP contribution in [-0.4, -0.2) is 109 Å². The van der Waals surface area contributed by atoms with E-state index in [9.17, 15) is 14.2 Å². The number of hydrogen-bond acceptors (Lipinski definition) is 12. The summed E-state index contributed by atoms with van der Waals surface area (Å²) >= 11 is 6.47. The minimum atomic E-state index is -2.54. The quantitative estimate of drug-likeness (QED) is 0.165. The van der Waals surface area contributed by atoms with Crippen LogP contribution < -0.4 is 35.8 Å². The van der Waals surface area contributed by atoms with Gasteiger partial charge >= 0.3 is 6.03 Å². The third kappa shape index (κ3) is 8.63. The highest BCUT2D eigenvalue weighted by Gasteiger charge is 2.30. The Labute approximate surface area is 320 Å². The molecule has 14 nitrogen and oxygen atoms in total. The summed E-state index contributed by atoms with van der Waals surface area (Å²) in [5.41, 5.74) is 4.31. The molecule has 0 atom stereocenters. The third-order valence-corrected chi connectivity index (χ3v) is 12.1. The summed E-state index contributed by atoms with van der Waals surface area (Å²) in [6, 6.07) is 15.7. The molecule has 3 aliphatic heterocycles. The van der Waals surface area contributed by atoms with Crippen LogP contribution in [0, 0.1) is 0 Å². The first-order valence-electron chi connectivity index (χ1n) is 18.2. The monoisotopic (exact) mass is 772 g/mol. The summed E-state index contributed by atoms with van der Waals surface area (Å²) in [7, 11) is -0.893. The molecule has 0 aliphatic carbocycles. The van der Waals surface area contributed by atoms with Gasteiger partial charge in [0, 0.05) is 75.0 Å². The van der Waals surface area contributed by atoms with Crippen LogP contribution in [0.2, 0.25) is 5.02 Å². The van der Waals surface area contributed by atoms with E-state index in [1.54, 1.807) is 37.7 Å². The molecule has 0 bridgehead atoms. The van der Waals surface area contributed by atoms with Crippen LogP contribution in [0.1, 0.15) is 24.8 Å². The molecule has 16 heteroatoms. The number of halogens is 1. The first-order chi connectivity index (χ1) is 26.1. The molecule has 2 aromatic heterocycles. The number of imide groups is 1. The van der Waals surface area contributed by atoms with Gasteiger partial charge < -0.3 is 24.8 Å². The second-order valence-corrected chi connectivity index (χ2v) is 17.8. The van der Waals surface area contributed by atoms with Crippen LogP contribution in [-0.2, 0) is 15.9 Å². The number of piperazine rings is 1. The third-order valence-electron chi connectivity index (χ3n) is 10.3. The van der Waals surface area contributed by atoms with Gasteiger partial charge in [-0.15, -0.1) is 0 Å². The van der Waals surface area contributed by atoms with Crippen molar-refractivity contribution in [3.05, 3.63) is 77.7 Å². The van der Waals surface area contributed by atoms with Crippen molar-refractivity contribution < 1.29 is 18.9 Å². The maximum Gasteiger partial charge on any atom is 0.328 e. The van der Waals surface area contributed by atoms with E-state index in [0.717, 1.165) is 86.6 Å². The average molecular weight is 773 g/mol. The smallest absolute Gasteiger partial charge is 0.328 e. The molecule has 2 aromatic carbocycles. The zero-order valence-corrected chi connectivity index (χ0v) is 32.4. The number of ether oxygens (including phenoxy) is 1. The summed E-state index contributed by atoms with van der Waals surface area (Å²) in [5, 5.41) is 10.00. The number of hydrogen-bond donors (Lipinski definition) is 3. The number of nitrogens with zero attached hydrogens (tertiary/aromatic N) is 7. The molecule has 0 unspecified atom stereocenters. The molecule has 54 heavy (non-hydrogen) atoms. The van der Waals surface area contributed by atoms with E-state index in [2.05, 4.69) is 51.7 Å². The van der Waals surface area contributed by atoms with E-state index in [-0.39, 0.29) is 18.4 Å². The van der Waals surface area contributed by atoms with Crippen LogP contribution in [0.4, 0.5) is 39.3 Å². The zero-order valence-electron chi connectivity index (χ0n) is 30.8. The van der Waals surface area contributed by atoms with E-state index in [1.165, 1.54) is 6.20 Å². The van der Waals surface area contributed by atoms with Crippen molar-refractivity contribution in [2.45, 2.75) is 31.8 Å². The Kier molecular flexibility index (Phi) is 11.4. The van der Waals surface area contributed by atoms with E-state index in [4.69, 9.17) is 16.3 Å². The summed E-state index contributed by atoms with van der Waals surface area (Å²) in [4.78, 5) is 46.5. The van der Waals surface area contributed by atoms with Gasteiger partial charge in [0.1, 0.15) is 17.9 Å². The van der Waals surface area contributed by atoms with Crippen molar-refractivity contribution in [3.63, 3.8) is 0 Å². The van der Waals surface area contributed by atoms with E-state index >= 15 is 0 Å². The lowest BCUT2D eigenvalue weighted by Gasteiger charge is -2.43. The molecular weight excluding hydrogens is 727 g/mol. The number of carbonyl (C=O) groups excluding carboxylic acids is 2. The molecule has 284 valence electrons. The molecule has 4 aromatic rings. The molecule has 3 fully saturated rings. The predicted octanol–water partition coefficient (Wildman–Crippen LogP) is 5.50. The maximum atomic E-state index is 12.9. The van der Waals surface area contributed by atoms with Crippen molar-refractivity contribution in [3.8, 4) is 5.75 Å². The number of benzene rings is 2. The van der Waals surface area contributed by atoms with Gasteiger partial charge in [0.2, 0.25) is 11.9 Å². The second kappa shape index (κ2) is 16.3. The Morgan fingerprint density at radius 3 is 2.46 bits per heavy atom. The largest absolute Gasteiger partial charge is 0.494 e. The number of pyridine rings is 1. The molecular formula is C38H46ClN10O4P. The molecule has 0 saturated carbocycles. The van der Waals surface area contributed by atoms with Crippen LogP contribution in [0.25, 0.3) is 0 Å². The number of carbonyl (C=O) groups is 2. The minimum absolute atomic E-state index is 0.240. The maximum absolute atomic E-state index is 12.9. The van der Waals surface area contributed by atoms with E-state index in [0.29, 0.717) is 40.8 Å².